The molecule has 100 valence electrons. The fraction of sp³-hybridized carbons (Fsp3) is 0.786. The van der Waals surface area contributed by atoms with E-state index in [4.69, 9.17) is 5.11 Å². The zero-order valence-electron chi connectivity index (χ0n) is 10.9. The summed E-state index contributed by atoms with van der Waals surface area (Å²) in [6.45, 7) is 2.60. The van der Waals surface area contributed by atoms with E-state index in [-0.39, 0.29) is 6.61 Å². The van der Waals surface area contributed by atoms with Gasteiger partial charge in [-0.3, -0.25) is 10.00 Å². The Kier molecular flexibility index (Phi) is 3.66. The van der Waals surface area contributed by atoms with Crippen LogP contribution in [0.1, 0.15) is 49.4 Å². The fourth-order valence-electron chi connectivity index (χ4n) is 3.47. The predicted molar refractivity (Wildman–Crippen MR) is 70.6 cm³/mol. The van der Waals surface area contributed by atoms with Crippen molar-refractivity contribution in [3.8, 4) is 0 Å². The van der Waals surface area contributed by atoms with Crippen molar-refractivity contribution in [1.82, 2.24) is 15.1 Å². The number of aromatic nitrogens is 2. The van der Waals surface area contributed by atoms with E-state index in [1.165, 1.54) is 50.9 Å². The third-order valence-electron chi connectivity index (χ3n) is 4.51. The van der Waals surface area contributed by atoms with E-state index in [1.54, 1.807) is 0 Å². The quantitative estimate of drug-likeness (QED) is 0.853. The molecule has 1 atom stereocenters. The van der Waals surface area contributed by atoms with Crippen molar-refractivity contribution in [2.24, 2.45) is 0 Å². The van der Waals surface area contributed by atoms with Crippen LogP contribution in [0.3, 0.4) is 0 Å². The molecule has 1 saturated carbocycles. The van der Waals surface area contributed by atoms with Crippen LogP contribution in [0.25, 0.3) is 0 Å². The lowest BCUT2D eigenvalue weighted by molar-refractivity contribution is 0.243. The molecule has 1 aromatic rings. The first-order valence-electron chi connectivity index (χ1n) is 7.26. The first-order chi connectivity index (χ1) is 8.86. The van der Waals surface area contributed by atoms with Gasteiger partial charge < -0.3 is 5.11 Å². The minimum atomic E-state index is 0.195. The second-order valence-electron chi connectivity index (χ2n) is 5.71. The van der Waals surface area contributed by atoms with Gasteiger partial charge in [-0.25, -0.2) is 0 Å². The maximum atomic E-state index is 8.92. The Balaban J connectivity index is 1.60. The highest BCUT2D eigenvalue weighted by Gasteiger charge is 2.31. The van der Waals surface area contributed by atoms with Crippen molar-refractivity contribution in [2.45, 2.75) is 50.5 Å². The molecule has 1 aliphatic carbocycles. The van der Waals surface area contributed by atoms with E-state index in [0.717, 1.165) is 11.7 Å². The van der Waals surface area contributed by atoms with Crippen LogP contribution in [-0.4, -0.2) is 45.9 Å². The zero-order valence-corrected chi connectivity index (χ0v) is 10.9. The molecule has 0 aromatic carbocycles. The summed E-state index contributed by atoms with van der Waals surface area (Å²) >= 11 is 0. The molecule has 2 heterocycles. The summed E-state index contributed by atoms with van der Waals surface area (Å²) in [4.78, 5) is 2.66. The molecule has 2 aliphatic rings. The van der Waals surface area contributed by atoms with Gasteiger partial charge in [0.25, 0.3) is 0 Å². The predicted octanol–water partition coefficient (Wildman–Crippen LogP) is 1.68. The Hall–Kier alpha value is -0.870. The van der Waals surface area contributed by atoms with Crippen LogP contribution in [0.15, 0.2) is 6.07 Å². The Labute approximate surface area is 108 Å². The van der Waals surface area contributed by atoms with E-state index in [1.807, 2.05) is 0 Å². The summed E-state index contributed by atoms with van der Waals surface area (Å²) in [5.41, 5.74) is 2.26. The normalized spacial score (nSPS) is 26.2. The molecular formula is C14H23N3O. The number of aliphatic hydroxyl groups excluding tert-OH is 1. The van der Waals surface area contributed by atoms with Gasteiger partial charge in [-0.2, -0.15) is 5.10 Å². The second kappa shape index (κ2) is 5.41. The van der Waals surface area contributed by atoms with Crippen LogP contribution in [0, 0.1) is 0 Å². The molecule has 0 amide bonds. The highest BCUT2D eigenvalue weighted by Crippen LogP contribution is 2.32. The van der Waals surface area contributed by atoms with Crippen molar-refractivity contribution in [3.63, 3.8) is 0 Å². The lowest BCUT2D eigenvalue weighted by atomic mass is 10.0. The lowest BCUT2D eigenvalue weighted by Crippen LogP contribution is -2.30. The first-order valence-corrected chi connectivity index (χ1v) is 7.26. The minimum Gasteiger partial charge on any atom is -0.396 e. The summed E-state index contributed by atoms with van der Waals surface area (Å²) in [6.07, 6.45) is 7.53. The molecule has 1 aliphatic heterocycles. The molecule has 1 aromatic heterocycles. The third-order valence-corrected chi connectivity index (χ3v) is 4.51. The van der Waals surface area contributed by atoms with Crippen LogP contribution in [0.2, 0.25) is 0 Å². The number of nitrogens with one attached hydrogen (secondary N) is 1. The van der Waals surface area contributed by atoms with Gasteiger partial charge in [0.05, 0.1) is 5.69 Å². The molecule has 1 saturated heterocycles. The van der Waals surface area contributed by atoms with Crippen LogP contribution in [0.5, 0.6) is 0 Å². The number of aromatic amines is 1. The molecule has 0 bridgehead atoms. The maximum Gasteiger partial charge on any atom is 0.0669 e. The smallest absolute Gasteiger partial charge is 0.0669 e. The maximum absolute atomic E-state index is 8.92. The zero-order chi connectivity index (χ0) is 12.4. The number of nitrogens with zero attached hydrogens (tertiary/aromatic N) is 2. The Morgan fingerprint density at radius 1 is 1.33 bits per heavy atom. The van der Waals surface area contributed by atoms with Crippen LogP contribution in [-0.2, 0) is 6.42 Å². The Morgan fingerprint density at radius 3 is 2.94 bits per heavy atom. The standard InChI is InChI=1S/C14H23N3O/c18-8-6-12-9-14(16-15-12)11-5-7-17(10-11)13-3-1-2-4-13/h9,11,13,18H,1-8,10H2,(H,15,16). The minimum absolute atomic E-state index is 0.195. The van der Waals surface area contributed by atoms with Crippen LogP contribution in [0.4, 0.5) is 0 Å². The fourth-order valence-corrected chi connectivity index (χ4v) is 3.47. The third kappa shape index (κ3) is 2.45. The van der Waals surface area contributed by atoms with Crippen molar-refractivity contribution < 1.29 is 5.11 Å². The molecular weight excluding hydrogens is 226 g/mol. The summed E-state index contributed by atoms with van der Waals surface area (Å²) in [7, 11) is 0. The summed E-state index contributed by atoms with van der Waals surface area (Å²) in [5, 5.41) is 16.4. The Morgan fingerprint density at radius 2 is 2.17 bits per heavy atom. The molecule has 1 unspecified atom stereocenters. The first kappa shape index (κ1) is 12.2. The number of H-pyrrole nitrogens is 1. The van der Waals surface area contributed by atoms with Gasteiger partial charge in [-0.05, 0) is 31.9 Å². The van der Waals surface area contributed by atoms with Gasteiger partial charge in [0.1, 0.15) is 0 Å². The Bertz CT molecular complexity index is 384. The number of aliphatic hydroxyl groups is 1. The van der Waals surface area contributed by atoms with Gasteiger partial charge in [0, 0.05) is 37.2 Å². The van der Waals surface area contributed by atoms with Gasteiger partial charge in [-0.15, -0.1) is 0 Å². The molecule has 4 nitrogen and oxygen atoms in total. The van der Waals surface area contributed by atoms with E-state index < -0.39 is 0 Å². The summed E-state index contributed by atoms with van der Waals surface area (Å²) in [5.74, 6) is 0.592. The van der Waals surface area contributed by atoms with Crippen molar-refractivity contribution >= 4 is 0 Å². The summed E-state index contributed by atoms with van der Waals surface area (Å²) in [6, 6.07) is 2.98. The molecule has 3 rings (SSSR count). The molecule has 0 radical (unpaired) electrons. The lowest BCUT2D eigenvalue weighted by Gasteiger charge is -2.23. The SMILES string of the molecule is OCCc1cc(C2CCN(C3CCCC3)C2)n[nH]1. The van der Waals surface area contributed by atoms with Crippen LogP contribution < -0.4 is 0 Å². The van der Waals surface area contributed by atoms with Gasteiger partial charge >= 0.3 is 0 Å². The average Bonchev–Trinajstić information content (AvgIpc) is 3.10. The molecule has 2 fully saturated rings. The number of hydrogen-bond acceptors (Lipinski definition) is 3. The number of likely N-dealkylation sites (tertiary alicyclic amines) is 1. The van der Waals surface area contributed by atoms with E-state index in [2.05, 4.69) is 21.2 Å². The highest BCUT2D eigenvalue weighted by atomic mass is 16.3. The number of rotatable bonds is 4. The van der Waals surface area contributed by atoms with Crippen LogP contribution >= 0.6 is 0 Å². The van der Waals surface area contributed by atoms with Gasteiger partial charge in [0.2, 0.25) is 0 Å². The van der Waals surface area contributed by atoms with Crippen molar-refractivity contribution in [3.05, 3.63) is 17.5 Å². The molecule has 4 heteroatoms. The monoisotopic (exact) mass is 249 g/mol. The van der Waals surface area contributed by atoms with Gasteiger partial charge in [0.15, 0.2) is 0 Å². The molecule has 2 N–H and O–H groups in total. The second-order valence-corrected chi connectivity index (χ2v) is 5.71. The van der Waals surface area contributed by atoms with E-state index in [9.17, 15) is 0 Å². The van der Waals surface area contributed by atoms with Gasteiger partial charge in [-0.1, -0.05) is 12.8 Å². The summed E-state index contributed by atoms with van der Waals surface area (Å²) < 4.78 is 0. The van der Waals surface area contributed by atoms with Crippen molar-refractivity contribution in [2.75, 3.05) is 19.7 Å². The highest BCUT2D eigenvalue weighted by molar-refractivity contribution is 5.15. The largest absolute Gasteiger partial charge is 0.396 e. The molecule has 0 spiro atoms. The topological polar surface area (TPSA) is 52.1 Å². The van der Waals surface area contributed by atoms with Crippen molar-refractivity contribution in [1.29, 1.82) is 0 Å². The number of hydrogen-bond donors (Lipinski definition) is 2. The van der Waals surface area contributed by atoms with E-state index >= 15 is 0 Å². The average molecular weight is 249 g/mol. The molecule has 18 heavy (non-hydrogen) atoms. The van der Waals surface area contributed by atoms with E-state index in [0.29, 0.717) is 12.3 Å².